The predicted molar refractivity (Wildman–Crippen MR) is 56.5 cm³/mol. The van der Waals surface area contributed by atoms with E-state index >= 15 is 0 Å². The van der Waals surface area contributed by atoms with Gasteiger partial charge in [0.25, 0.3) is 0 Å². The largest absolute Gasteiger partial charge is 0.494 e. The first kappa shape index (κ1) is 10.6. The molecule has 84 valence electrons. The highest BCUT2D eigenvalue weighted by Crippen LogP contribution is 2.26. The van der Waals surface area contributed by atoms with Crippen LogP contribution in [0.3, 0.4) is 0 Å². The van der Waals surface area contributed by atoms with Crippen LogP contribution in [0.25, 0.3) is 11.4 Å². The minimum atomic E-state index is -0.469. The fourth-order valence-electron chi connectivity index (χ4n) is 1.43. The highest BCUT2D eigenvalue weighted by molar-refractivity contribution is 5.59. The normalized spacial score (nSPS) is 10.4. The van der Waals surface area contributed by atoms with Gasteiger partial charge in [-0.3, -0.25) is 0 Å². The van der Waals surface area contributed by atoms with E-state index in [-0.39, 0.29) is 12.4 Å². The maximum atomic E-state index is 13.8. The first-order valence-corrected chi connectivity index (χ1v) is 4.74. The Morgan fingerprint density at radius 1 is 1.50 bits per heavy atom. The highest BCUT2D eigenvalue weighted by Gasteiger charge is 2.12. The molecule has 0 bridgehead atoms. The minimum Gasteiger partial charge on any atom is -0.494 e. The number of nitrogens with one attached hydrogen (secondary N) is 1. The number of aromatic nitrogens is 2. The number of halogens is 1. The van der Waals surface area contributed by atoms with Gasteiger partial charge < -0.3 is 14.8 Å². The summed E-state index contributed by atoms with van der Waals surface area (Å²) in [4.78, 5) is 6.80. The Morgan fingerprint density at radius 2 is 2.31 bits per heavy atom. The van der Waals surface area contributed by atoms with Crippen molar-refractivity contribution < 1.29 is 14.2 Å². The maximum Gasteiger partial charge on any atom is 0.175 e. The van der Waals surface area contributed by atoms with Crippen molar-refractivity contribution in [2.75, 3.05) is 7.11 Å². The number of H-pyrrole nitrogens is 1. The zero-order valence-corrected chi connectivity index (χ0v) is 8.70. The van der Waals surface area contributed by atoms with E-state index in [0.717, 1.165) is 0 Å². The molecule has 0 saturated heterocycles. The number of ether oxygens (including phenoxy) is 1. The van der Waals surface area contributed by atoms with Gasteiger partial charge in [0, 0.05) is 0 Å². The Kier molecular flexibility index (Phi) is 2.87. The lowest BCUT2D eigenvalue weighted by Crippen LogP contribution is -1.92. The van der Waals surface area contributed by atoms with Gasteiger partial charge in [0.1, 0.15) is 5.82 Å². The average Bonchev–Trinajstić information content (AvgIpc) is 2.78. The molecule has 2 aromatic rings. The molecular formula is C11H11FN2O2. The van der Waals surface area contributed by atoms with Crippen LogP contribution in [0.4, 0.5) is 4.39 Å². The van der Waals surface area contributed by atoms with E-state index in [0.29, 0.717) is 17.1 Å². The molecule has 5 heteroatoms. The Morgan fingerprint density at radius 3 is 2.94 bits per heavy atom. The topological polar surface area (TPSA) is 58.1 Å². The standard InChI is InChI=1S/C11H11FN2O2/c1-16-9-4-2-3-8(10(9)12)11-13-5-7(6-15)14-11/h2-5,15H,6H2,1H3,(H,13,14). The summed E-state index contributed by atoms with van der Waals surface area (Å²) in [6.07, 6.45) is 1.47. The molecule has 1 heterocycles. The number of aliphatic hydroxyl groups is 1. The van der Waals surface area contributed by atoms with Crippen LogP contribution in [0.5, 0.6) is 5.75 Å². The SMILES string of the molecule is COc1cccc(-c2ncc(CO)[nH]2)c1F. The Labute approximate surface area is 91.7 Å². The number of benzene rings is 1. The smallest absolute Gasteiger partial charge is 0.175 e. The van der Waals surface area contributed by atoms with Gasteiger partial charge in [-0.25, -0.2) is 9.37 Å². The second-order valence-corrected chi connectivity index (χ2v) is 3.24. The number of hydrogen-bond donors (Lipinski definition) is 2. The van der Waals surface area contributed by atoms with Gasteiger partial charge in [0.2, 0.25) is 0 Å². The number of imidazole rings is 1. The summed E-state index contributed by atoms with van der Waals surface area (Å²) in [6, 6.07) is 4.81. The molecule has 0 aliphatic heterocycles. The quantitative estimate of drug-likeness (QED) is 0.831. The zero-order chi connectivity index (χ0) is 11.5. The lowest BCUT2D eigenvalue weighted by molar-refractivity contribution is 0.277. The van der Waals surface area contributed by atoms with Gasteiger partial charge in [0.15, 0.2) is 11.6 Å². The van der Waals surface area contributed by atoms with Crippen molar-refractivity contribution in [1.82, 2.24) is 9.97 Å². The van der Waals surface area contributed by atoms with E-state index < -0.39 is 5.82 Å². The van der Waals surface area contributed by atoms with E-state index in [1.54, 1.807) is 12.1 Å². The van der Waals surface area contributed by atoms with Crippen LogP contribution in [0, 0.1) is 5.82 Å². The number of aromatic amines is 1. The predicted octanol–water partition coefficient (Wildman–Crippen LogP) is 1.72. The van der Waals surface area contributed by atoms with Gasteiger partial charge in [-0.2, -0.15) is 0 Å². The average molecular weight is 222 g/mol. The van der Waals surface area contributed by atoms with Crippen molar-refractivity contribution in [3.63, 3.8) is 0 Å². The summed E-state index contributed by atoms with van der Waals surface area (Å²) in [5, 5.41) is 8.88. The van der Waals surface area contributed by atoms with Gasteiger partial charge in [-0.05, 0) is 12.1 Å². The molecule has 0 aliphatic rings. The van der Waals surface area contributed by atoms with Gasteiger partial charge >= 0.3 is 0 Å². The van der Waals surface area contributed by atoms with Crippen LogP contribution in [0.1, 0.15) is 5.69 Å². The van der Waals surface area contributed by atoms with E-state index in [2.05, 4.69) is 9.97 Å². The van der Waals surface area contributed by atoms with E-state index in [1.807, 2.05) is 0 Å². The van der Waals surface area contributed by atoms with Crippen molar-refractivity contribution in [3.8, 4) is 17.1 Å². The first-order chi connectivity index (χ1) is 7.76. The summed E-state index contributed by atoms with van der Waals surface area (Å²) in [6.45, 7) is -0.154. The molecule has 4 nitrogen and oxygen atoms in total. The van der Waals surface area contributed by atoms with Crippen LogP contribution >= 0.6 is 0 Å². The second kappa shape index (κ2) is 4.32. The number of methoxy groups -OCH3 is 1. The molecule has 0 unspecified atom stereocenters. The first-order valence-electron chi connectivity index (χ1n) is 4.74. The van der Waals surface area contributed by atoms with Gasteiger partial charge in [-0.1, -0.05) is 6.07 Å². The maximum absolute atomic E-state index is 13.8. The van der Waals surface area contributed by atoms with Crippen molar-refractivity contribution >= 4 is 0 Å². The molecule has 0 radical (unpaired) electrons. The van der Waals surface area contributed by atoms with Crippen LogP contribution in [0.2, 0.25) is 0 Å². The number of aliphatic hydroxyl groups excluding tert-OH is 1. The third-order valence-corrected chi connectivity index (χ3v) is 2.24. The molecule has 0 spiro atoms. The summed E-state index contributed by atoms with van der Waals surface area (Å²) in [5.74, 6) is 0.0729. The molecular weight excluding hydrogens is 211 g/mol. The Hall–Kier alpha value is -1.88. The fraction of sp³-hybridized carbons (Fsp3) is 0.182. The van der Waals surface area contributed by atoms with Crippen molar-refractivity contribution in [2.24, 2.45) is 0 Å². The van der Waals surface area contributed by atoms with Crippen molar-refractivity contribution in [3.05, 3.63) is 35.9 Å². The molecule has 16 heavy (non-hydrogen) atoms. The van der Waals surface area contributed by atoms with E-state index in [9.17, 15) is 4.39 Å². The number of rotatable bonds is 3. The van der Waals surface area contributed by atoms with Crippen LogP contribution in [0.15, 0.2) is 24.4 Å². The molecule has 0 aliphatic carbocycles. The van der Waals surface area contributed by atoms with Crippen LogP contribution < -0.4 is 4.74 Å². The zero-order valence-electron chi connectivity index (χ0n) is 8.70. The summed E-state index contributed by atoms with van der Waals surface area (Å²) in [7, 11) is 1.41. The minimum absolute atomic E-state index is 0.154. The van der Waals surface area contributed by atoms with E-state index in [4.69, 9.17) is 9.84 Å². The lowest BCUT2D eigenvalue weighted by atomic mass is 10.2. The second-order valence-electron chi connectivity index (χ2n) is 3.24. The molecule has 0 saturated carbocycles. The third kappa shape index (κ3) is 1.77. The molecule has 0 amide bonds. The Bertz CT molecular complexity index is 496. The molecule has 2 rings (SSSR count). The fourth-order valence-corrected chi connectivity index (χ4v) is 1.43. The van der Waals surface area contributed by atoms with Crippen molar-refractivity contribution in [1.29, 1.82) is 0 Å². The lowest BCUT2D eigenvalue weighted by Gasteiger charge is -2.04. The van der Waals surface area contributed by atoms with Crippen molar-refractivity contribution in [2.45, 2.75) is 6.61 Å². The molecule has 1 aromatic carbocycles. The van der Waals surface area contributed by atoms with Crippen LogP contribution in [-0.4, -0.2) is 22.2 Å². The number of hydrogen-bond acceptors (Lipinski definition) is 3. The third-order valence-electron chi connectivity index (χ3n) is 2.24. The molecule has 0 fully saturated rings. The number of nitrogens with zero attached hydrogens (tertiary/aromatic N) is 1. The highest BCUT2D eigenvalue weighted by atomic mass is 19.1. The summed E-state index contributed by atoms with van der Waals surface area (Å²) < 4.78 is 18.7. The molecule has 0 atom stereocenters. The summed E-state index contributed by atoms with van der Waals surface area (Å²) in [5.41, 5.74) is 0.858. The van der Waals surface area contributed by atoms with Crippen LogP contribution in [-0.2, 0) is 6.61 Å². The Balaban J connectivity index is 2.47. The van der Waals surface area contributed by atoms with Gasteiger partial charge in [0.05, 0.1) is 31.2 Å². The molecule has 2 N–H and O–H groups in total. The van der Waals surface area contributed by atoms with Gasteiger partial charge in [-0.15, -0.1) is 0 Å². The summed E-state index contributed by atoms with van der Waals surface area (Å²) >= 11 is 0. The monoisotopic (exact) mass is 222 g/mol. The van der Waals surface area contributed by atoms with E-state index in [1.165, 1.54) is 19.4 Å². The molecule has 1 aromatic heterocycles.